The van der Waals surface area contributed by atoms with Crippen LogP contribution in [0.5, 0.6) is 0 Å². The van der Waals surface area contributed by atoms with Gasteiger partial charge in [0.2, 0.25) is 0 Å². The molecule has 0 atom stereocenters. The minimum absolute atomic E-state index is 0. The predicted molar refractivity (Wildman–Crippen MR) is 67.7 cm³/mol. The molecule has 2 aromatic rings. The van der Waals surface area contributed by atoms with Crippen LogP contribution in [0.1, 0.15) is 12.6 Å². The van der Waals surface area contributed by atoms with Crippen molar-refractivity contribution in [2.24, 2.45) is 0 Å². The van der Waals surface area contributed by atoms with Gasteiger partial charge in [-0.15, -0.1) is 12.4 Å². The maximum absolute atomic E-state index is 11.5. The third kappa shape index (κ3) is 2.04. The summed E-state index contributed by atoms with van der Waals surface area (Å²) in [6, 6.07) is 7.43. The number of rotatable bonds is 2. The summed E-state index contributed by atoms with van der Waals surface area (Å²) in [5, 5.41) is 0. The molecule has 0 spiro atoms. The molecule has 4 heteroatoms. The van der Waals surface area contributed by atoms with Crippen molar-refractivity contribution in [1.82, 2.24) is 9.13 Å². The second-order valence-corrected chi connectivity index (χ2v) is 3.48. The van der Waals surface area contributed by atoms with Crippen molar-refractivity contribution in [3.8, 4) is 5.69 Å². The second-order valence-electron chi connectivity index (χ2n) is 3.48. The van der Waals surface area contributed by atoms with Crippen LogP contribution in [0, 0.1) is 6.92 Å². The molecule has 16 heavy (non-hydrogen) atoms. The highest BCUT2D eigenvalue weighted by Gasteiger charge is 2.04. The van der Waals surface area contributed by atoms with Crippen LogP contribution in [0.4, 0.5) is 0 Å². The Morgan fingerprint density at radius 2 is 1.81 bits per heavy atom. The van der Waals surface area contributed by atoms with E-state index in [2.05, 4.69) is 0 Å². The van der Waals surface area contributed by atoms with Crippen molar-refractivity contribution in [1.29, 1.82) is 0 Å². The molecule has 0 N–H and O–H groups in total. The number of nitrogens with zero attached hydrogens (tertiary/aromatic N) is 2. The molecule has 0 aliphatic rings. The fraction of sp³-hybridized carbons (Fsp3) is 0.250. The zero-order valence-electron chi connectivity index (χ0n) is 9.38. The summed E-state index contributed by atoms with van der Waals surface area (Å²) in [4.78, 5) is 11.5. The van der Waals surface area contributed by atoms with Gasteiger partial charge in [0.25, 0.3) is 5.56 Å². The van der Waals surface area contributed by atoms with Crippen molar-refractivity contribution in [3.63, 3.8) is 0 Å². The molecule has 3 nitrogen and oxygen atoms in total. The van der Waals surface area contributed by atoms with E-state index >= 15 is 0 Å². The van der Waals surface area contributed by atoms with E-state index in [1.165, 1.54) is 0 Å². The lowest BCUT2D eigenvalue weighted by molar-refractivity contribution is 0.694. The summed E-state index contributed by atoms with van der Waals surface area (Å²) in [7, 11) is 0. The molecule has 0 saturated heterocycles. The Hall–Kier alpha value is -1.48. The van der Waals surface area contributed by atoms with Crippen LogP contribution >= 0.6 is 12.4 Å². The van der Waals surface area contributed by atoms with E-state index in [4.69, 9.17) is 0 Å². The van der Waals surface area contributed by atoms with Crippen LogP contribution < -0.4 is 5.56 Å². The van der Waals surface area contributed by atoms with Gasteiger partial charge >= 0.3 is 0 Å². The van der Waals surface area contributed by atoms with Crippen molar-refractivity contribution < 1.29 is 0 Å². The Morgan fingerprint density at radius 3 is 2.38 bits per heavy atom. The summed E-state index contributed by atoms with van der Waals surface area (Å²) >= 11 is 0. The first-order valence-electron chi connectivity index (χ1n) is 5.08. The van der Waals surface area contributed by atoms with E-state index in [9.17, 15) is 4.79 Å². The molecule has 0 amide bonds. The smallest absolute Gasteiger partial charge is 0.250 e. The lowest BCUT2D eigenvalue weighted by atomic mass is 10.3. The van der Waals surface area contributed by atoms with Crippen LogP contribution in [-0.2, 0) is 6.54 Å². The Balaban J connectivity index is 0.00000128. The van der Waals surface area contributed by atoms with Gasteiger partial charge in [0, 0.05) is 30.7 Å². The molecular weight excluding hydrogens is 224 g/mol. The average Bonchev–Trinajstić information content (AvgIpc) is 2.71. The molecule has 0 aliphatic heterocycles. The maximum atomic E-state index is 11.5. The first-order valence-corrected chi connectivity index (χ1v) is 5.08. The molecule has 0 saturated carbocycles. The van der Waals surface area contributed by atoms with Crippen molar-refractivity contribution in [3.05, 3.63) is 52.7 Å². The lowest BCUT2D eigenvalue weighted by Gasteiger charge is -2.12. The largest absolute Gasteiger partial charge is 0.322 e. The molecule has 86 valence electrons. The van der Waals surface area contributed by atoms with Crippen molar-refractivity contribution in [2.75, 3.05) is 0 Å². The Morgan fingerprint density at radius 1 is 1.19 bits per heavy atom. The van der Waals surface area contributed by atoms with E-state index < -0.39 is 0 Å². The SMILES string of the molecule is CCn1c(C)c(-n2cccc2)ccc1=O.Cl. The molecular formula is C12H15ClN2O. The highest BCUT2D eigenvalue weighted by molar-refractivity contribution is 5.85. The molecule has 2 rings (SSSR count). The molecule has 0 radical (unpaired) electrons. The zero-order valence-corrected chi connectivity index (χ0v) is 10.2. The van der Waals surface area contributed by atoms with Gasteiger partial charge in [-0.2, -0.15) is 0 Å². The molecule has 0 aliphatic carbocycles. The van der Waals surface area contributed by atoms with Gasteiger partial charge in [-0.25, -0.2) is 0 Å². The third-order valence-corrected chi connectivity index (χ3v) is 2.62. The minimum atomic E-state index is 0. The minimum Gasteiger partial charge on any atom is -0.322 e. The van der Waals surface area contributed by atoms with Gasteiger partial charge in [0.1, 0.15) is 0 Å². The predicted octanol–water partition coefficient (Wildman–Crippen LogP) is 2.39. The number of pyridine rings is 1. The topological polar surface area (TPSA) is 26.9 Å². The first-order chi connectivity index (χ1) is 7.24. The van der Waals surface area contributed by atoms with Gasteiger partial charge in [0.15, 0.2) is 0 Å². The fourth-order valence-electron chi connectivity index (χ4n) is 1.83. The van der Waals surface area contributed by atoms with Crippen molar-refractivity contribution in [2.45, 2.75) is 20.4 Å². The summed E-state index contributed by atoms with van der Waals surface area (Å²) in [5.74, 6) is 0. The van der Waals surface area contributed by atoms with Crippen molar-refractivity contribution >= 4 is 12.4 Å². The highest BCUT2D eigenvalue weighted by atomic mass is 35.5. The van der Waals surface area contributed by atoms with E-state index in [1.807, 2.05) is 49.0 Å². The summed E-state index contributed by atoms with van der Waals surface area (Å²) in [6.07, 6.45) is 3.96. The van der Waals surface area contributed by atoms with Gasteiger partial charge in [0.05, 0.1) is 5.69 Å². The van der Waals surface area contributed by atoms with E-state index in [-0.39, 0.29) is 18.0 Å². The van der Waals surface area contributed by atoms with Gasteiger partial charge in [-0.05, 0) is 32.0 Å². The van der Waals surface area contributed by atoms with E-state index in [1.54, 1.807) is 10.6 Å². The molecule has 0 bridgehead atoms. The van der Waals surface area contributed by atoms with Gasteiger partial charge < -0.3 is 9.13 Å². The normalized spacial score (nSPS) is 9.88. The zero-order chi connectivity index (χ0) is 10.8. The molecule has 2 aromatic heterocycles. The van der Waals surface area contributed by atoms with Gasteiger partial charge in [-0.1, -0.05) is 0 Å². The van der Waals surface area contributed by atoms with Crippen LogP contribution in [0.15, 0.2) is 41.5 Å². The average molecular weight is 239 g/mol. The summed E-state index contributed by atoms with van der Waals surface area (Å²) in [5.41, 5.74) is 2.12. The molecule has 0 fully saturated rings. The standard InChI is InChI=1S/C12H14N2O.ClH/c1-3-14-10(2)11(6-7-12(14)15)13-8-4-5-9-13;/h4-9H,3H2,1-2H3;1H. The van der Waals surface area contributed by atoms with Crippen LogP contribution in [-0.4, -0.2) is 9.13 Å². The summed E-state index contributed by atoms with van der Waals surface area (Å²) < 4.78 is 3.79. The second kappa shape index (κ2) is 5.03. The number of hydrogen-bond acceptors (Lipinski definition) is 1. The van der Waals surface area contributed by atoms with E-state index in [0.29, 0.717) is 6.54 Å². The quantitative estimate of drug-likeness (QED) is 0.789. The fourth-order valence-corrected chi connectivity index (χ4v) is 1.83. The number of hydrogen-bond donors (Lipinski definition) is 0. The van der Waals surface area contributed by atoms with Crippen LogP contribution in [0.2, 0.25) is 0 Å². The third-order valence-electron chi connectivity index (χ3n) is 2.62. The Bertz CT molecular complexity index is 514. The molecule has 2 heterocycles. The van der Waals surface area contributed by atoms with Gasteiger partial charge in [-0.3, -0.25) is 4.79 Å². The monoisotopic (exact) mass is 238 g/mol. The Kier molecular flexibility index (Phi) is 3.96. The maximum Gasteiger partial charge on any atom is 0.250 e. The first kappa shape index (κ1) is 12.6. The molecule has 0 unspecified atom stereocenters. The summed E-state index contributed by atoms with van der Waals surface area (Å²) in [6.45, 7) is 4.66. The lowest BCUT2D eigenvalue weighted by Crippen LogP contribution is -2.21. The van der Waals surface area contributed by atoms with E-state index in [0.717, 1.165) is 11.4 Å². The van der Waals surface area contributed by atoms with Crippen LogP contribution in [0.3, 0.4) is 0 Å². The van der Waals surface area contributed by atoms with Crippen LogP contribution in [0.25, 0.3) is 5.69 Å². The number of halogens is 1. The Labute approximate surface area is 101 Å². The number of aromatic nitrogens is 2. The highest BCUT2D eigenvalue weighted by Crippen LogP contribution is 2.11. The molecule has 0 aromatic carbocycles.